The second-order valence-corrected chi connectivity index (χ2v) is 10.2. The summed E-state index contributed by atoms with van der Waals surface area (Å²) in [7, 11) is -0.848. The summed E-state index contributed by atoms with van der Waals surface area (Å²) in [6.45, 7) is 2.82. The van der Waals surface area contributed by atoms with E-state index in [9.17, 15) is 12.8 Å². The van der Waals surface area contributed by atoms with Crippen molar-refractivity contribution in [3.8, 4) is 6.07 Å². The van der Waals surface area contributed by atoms with Crippen LogP contribution >= 0.6 is 20.8 Å². The van der Waals surface area contributed by atoms with Crippen LogP contribution in [-0.2, 0) is 16.6 Å². The summed E-state index contributed by atoms with van der Waals surface area (Å²) < 4.78 is 40.2. The van der Waals surface area contributed by atoms with E-state index >= 15 is 0 Å². The predicted octanol–water partition coefficient (Wildman–Crippen LogP) is 3.28. The van der Waals surface area contributed by atoms with Crippen LogP contribution in [0.5, 0.6) is 0 Å². The maximum absolute atomic E-state index is 14.1. The molecule has 1 heterocycles. The zero-order valence-electron chi connectivity index (χ0n) is 16.0. The monoisotopic (exact) mass is 453 g/mol. The summed E-state index contributed by atoms with van der Waals surface area (Å²) in [6, 6.07) is 12.0. The van der Waals surface area contributed by atoms with E-state index in [1.54, 1.807) is 31.2 Å². The fraction of sp³-hybridized carbons (Fsp3) is 0.350. The average Bonchev–Trinajstić information content (AvgIpc) is 3.20. The molecule has 0 saturated carbocycles. The Kier molecular flexibility index (Phi) is 6.80. The van der Waals surface area contributed by atoms with E-state index in [0.717, 1.165) is 11.3 Å². The molecule has 5 nitrogen and oxygen atoms in total. The third-order valence-electron chi connectivity index (χ3n) is 5.21. The molecule has 1 fully saturated rings. The molecular weight excluding hydrogens is 432 g/mol. The van der Waals surface area contributed by atoms with Gasteiger partial charge in [0.1, 0.15) is 11.9 Å². The minimum atomic E-state index is -3.28. The molecule has 2 aromatic carbocycles. The highest BCUT2D eigenvalue weighted by molar-refractivity contribution is 7.89. The van der Waals surface area contributed by atoms with Crippen molar-refractivity contribution in [1.82, 2.24) is 4.31 Å². The molecule has 1 aliphatic heterocycles. The van der Waals surface area contributed by atoms with Gasteiger partial charge in [0.15, 0.2) is 0 Å². The number of nitriles is 1. The normalized spacial score (nSPS) is 17.3. The molecule has 2 aromatic rings. The van der Waals surface area contributed by atoms with E-state index in [0.29, 0.717) is 41.9 Å². The van der Waals surface area contributed by atoms with Crippen LogP contribution in [0.15, 0.2) is 36.4 Å². The third kappa shape index (κ3) is 4.73. The van der Waals surface area contributed by atoms with E-state index in [4.69, 9.17) is 16.9 Å². The number of halogens is 2. The van der Waals surface area contributed by atoms with Gasteiger partial charge in [-0.25, -0.2) is 12.8 Å². The van der Waals surface area contributed by atoms with Gasteiger partial charge in [-0.1, -0.05) is 23.7 Å². The Labute approximate surface area is 178 Å². The summed E-state index contributed by atoms with van der Waals surface area (Å²) in [5.41, 5.74) is 1.92. The lowest BCUT2D eigenvalue weighted by molar-refractivity contribution is 0.469. The van der Waals surface area contributed by atoms with E-state index in [1.807, 2.05) is 17.0 Å². The van der Waals surface area contributed by atoms with E-state index in [-0.39, 0.29) is 17.6 Å². The van der Waals surface area contributed by atoms with Crippen molar-refractivity contribution in [2.24, 2.45) is 0 Å². The Hall–Kier alpha value is -1.71. The Morgan fingerprint density at radius 3 is 2.79 bits per heavy atom. The van der Waals surface area contributed by atoms with Crippen LogP contribution in [-0.4, -0.2) is 37.6 Å². The largest absolute Gasteiger partial charge is 0.363 e. The highest BCUT2D eigenvalue weighted by Gasteiger charge is 2.34. The van der Waals surface area contributed by atoms with Gasteiger partial charge in [0.05, 0.1) is 16.3 Å². The van der Waals surface area contributed by atoms with Crippen molar-refractivity contribution in [3.05, 3.63) is 58.4 Å². The number of benzene rings is 2. The molecule has 9 heteroatoms. The number of nitrogens with zero attached hydrogens (tertiary/aromatic N) is 3. The minimum Gasteiger partial charge on any atom is -0.363 e. The van der Waals surface area contributed by atoms with Crippen LogP contribution in [0.25, 0.3) is 0 Å². The topological polar surface area (TPSA) is 64.4 Å². The molecule has 0 bridgehead atoms. The number of hydrogen-bond acceptors (Lipinski definition) is 4. The standard InChI is InChI=1S/C20H22ClFN3O2PS/c1-2-29(26,27)24-9-8-17(13-24)25(12-15-4-3-5-19(22)20(15)28)16-7-6-14(11-23)18(21)10-16/h3-7,10,17H,2,8-9,12-13,28H2,1H3. The van der Waals surface area contributed by atoms with Crippen molar-refractivity contribution in [1.29, 1.82) is 5.26 Å². The maximum atomic E-state index is 14.1. The quantitative estimate of drug-likeness (QED) is 0.630. The van der Waals surface area contributed by atoms with Gasteiger partial charge in [-0.2, -0.15) is 9.57 Å². The Bertz CT molecular complexity index is 1060. The smallest absolute Gasteiger partial charge is 0.213 e. The number of rotatable bonds is 6. The molecule has 1 aliphatic rings. The minimum absolute atomic E-state index is 0.0576. The van der Waals surface area contributed by atoms with Crippen LogP contribution in [0, 0.1) is 17.1 Å². The van der Waals surface area contributed by atoms with Crippen molar-refractivity contribution in [2.75, 3.05) is 23.7 Å². The zero-order chi connectivity index (χ0) is 21.2. The first-order valence-corrected chi connectivity index (χ1v) is 11.8. The first kappa shape index (κ1) is 22.0. The molecule has 0 amide bonds. The van der Waals surface area contributed by atoms with E-state index in [1.165, 1.54) is 10.4 Å². The van der Waals surface area contributed by atoms with Crippen LogP contribution in [0.1, 0.15) is 24.5 Å². The number of hydrogen-bond donors (Lipinski definition) is 0. The summed E-state index contributed by atoms with van der Waals surface area (Å²) in [5, 5.41) is 9.96. The molecule has 3 rings (SSSR count). The van der Waals surface area contributed by atoms with Crippen molar-refractivity contribution in [3.63, 3.8) is 0 Å². The van der Waals surface area contributed by atoms with Crippen molar-refractivity contribution in [2.45, 2.75) is 25.9 Å². The van der Waals surface area contributed by atoms with Crippen molar-refractivity contribution < 1.29 is 12.8 Å². The predicted molar refractivity (Wildman–Crippen MR) is 118 cm³/mol. The highest BCUT2D eigenvalue weighted by Crippen LogP contribution is 2.30. The average molecular weight is 454 g/mol. The van der Waals surface area contributed by atoms with Crippen LogP contribution in [0.3, 0.4) is 0 Å². The Balaban J connectivity index is 1.97. The fourth-order valence-corrected chi connectivity index (χ4v) is 5.16. The Morgan fingerprint density at radius 1 is 1.38 bits per heavy atom. The molecule has 0 radical (unpaired) electrons. The SMILES string of the molecule is CCS(=O)(=O)N1CCC(N(Cc2cccc(F)c2P)c2ccc(C#N)c(Cl)c2)C1. The third-order valence-corrected chi connectivity index (χ3v) is 8.02. The second kappa shape index (κ2) is 8.97. The van der Waals surface area contributed by atoms with Crippen LogP contribution in [0.4, 0.5) is 10.1 Å². The highest BCUT2D eigenvalue weighted by atomic mass is 35.5. The molecule has 2 unspecified atom stereocenters. The zero-order valence-corrected chi connectivity index (χ0v) is 18.7. The van der Waals surface area contributed by atoms with Gasteiger partial charge in [0.2, 0.25) is 10.0 Å². The molecule has 0 N–H and O–H groups in total. The summed E-state index contributed by atoms with van der Waals surface area (Å²) in [6.07, 6.45) is 0.651. The number of anilines is 1. The number of sulfonamides is 1. The van der Waals surface area contributed by atoms with Gasteiger partial charge in [-0.15, -0.1) is 9.24 Å². The second-order valence-electron chi connectivity index (χ2n) is 6.92. The molecular formula is C20H22ClFN3O2PS. The van der Waals surface area contributed by atoms with E-state index in [2.05, 4.69) is 9.24 Å². The van der Waals surface area contributed by atoms with Gasteiger partial charge < -0.3 is 4.90 Å². The molecule has 154 valence electrons. The summed E-state index contributed by atoms with van der Waals surface area (Å²) in [5.74, 6) is -0.255. The van der Waals surface area contributed by atoms with Gasteiger partial charge in [0.25, 0.3) is 0 Å². The molecule has 0 spiro atoms. The van der Waals surface area contributed by atoms with Gasteiger partial charge in [-0.05, 0) is 43.2 Å². The first-order valence-electron chi connectivity index (χ1n) is 9.23. The first-order chi connectivity index (χ1) is 13.8. The molecule has 29 heavy (non-hydrogen) atoms. The lowest BCUT2D eigenvalue weighted by Gasteiger charge is -2.32. The van der Waals surface area contributed by atoms with Gasteiger partial charge in [0, 0.05) is 36.7 Å². The molecule has 0 aromatic heterocycles. The van der Waals surface area contributed by atoms with E-state index < -0.39 is 10.0 Å². The van der Waals surface area contributed by atoms with Crippen molar-refractivity contribution >= 4 is 41.9 Å². The van der Waals surface area contributed by atoms with Crippen LogP contribution in [0.2, 0.25) is 5.02 Å². The van der Waals surface area contributed by atoms with Gasteiger partial charge in [-0.3, -0.25) is 0 Å². The molecule has 1 saturated heterocycles. The Morgan fingerprint density at radius 2 is 2.14 bits per heavy atom. The lowest BCUT2D eigenvalue weighted by atomic mass is 10.1. The summed E-state index contributed by atoms with van der Waals surface area (Å²) >= 11 is 6.24. The van der Waals surface area contributed by atoms with Crippen LogP contribution < -0.4 is 10.2 Å². The fourth-order valence-electron chi connectivity index (χ4n) is 3.51. The van der Waals surface area contributed by atoms with Gasteiger partial charge >= 0.3 is 0 Å². The maximum Gasteiger partial charge on any atom is 0.213 e. The molecule has 0 aliphatic carbocycles. The molecule has 2 atom stereocenters. The summed E-state index contributed by atoms with van der Waals surface area (Å²) in [4.78, 5) is 2.04. The lowest BCUT2D eigenvalue weighted by Crippen LogP contribution is -2.39.